The molecule has 0 aromatic carbocycles. The normalized spacial score (nSPS) is 28.2. The Hall–Kier alpha value is -0.570. The van der Waals surface area contributed by atoms with E-state index in [1.54, 1.807) is 0 Å². The van der Waals surface area contributed by atoms with Crippen molar-refractivity contribution < 1.29 is 9.90 Å². The van der Waals surface area contributed by atoms with Gasteiger partial charge in [0.15, 0.2) is 0 Å². The molecule has 1 aliphatic rings. The maximum Gasteiger partial charge on any atom is 0.223 e. The first-order valence-corrected chi connectivity index (χ1v) is 5.11. The predicted molar refractivity (Wildman–Crippen MR) is 51.2 cm³/mol. The van der Waals surface area contributed by atoms with Gasteiger partial charge in [0.1, 0.15) is 0 Å². The monoisotopic (exact) mass is 185 g/mol. The zero-order valence-electron chi connectivity index (χ0n) is 8.42. The lowest BCUT2D eigenvalue weighted by Gasteiger charge is -2.10. The molecule has 1 rings (SSSR count). The Labute approximate surface area is 79.5 Å². The molecule has 1 saturated carbocycles. The molecule has 0 bridgehead atoms. The summed E-state index contributed by atoms with van der Waals surface area (Å²) in [4.78, 5) is 11.3. The predicted octanol–water partition coefficient (Wildman–Crippen LogP) is 0.920. The molecule has 3 heteroatoms. The van der Waals surface area contributed by atoms with Gasteiger partial charge in [-0.1, -0.05) is 20.3 Å². The number of carbonyl (C=O) groups is 1. The number of rotatable bonds is 5. The third kappa shape index (κ3) is 3.35. The van der Waals surface area contributed by atoms with Crippen LogP contribution in [0.1, 0.15) is 33.1 Å². The maximum atomic E-state index is 11.3. The first-order chi connectivity index (χ1) is 6.15. The van der Waals surface area contributed by atoms with Crippen LogP contribution in [0.25, 0.3) is 0 Å². The van der Waals surface area contributed by atoms with Crippen LogP contribution in [0.5, 0.6) is 0 Å². The Kier molecular flexibility index (Phi) is 3.72. The summed E-state index contributed by atoms with van der Waals surface area (Å²) in [7, 11) is 0. The average molecular weight is 185 g/mol. The molecule has 0 saturated heterocycles. The van der Waals surface area contributed by atoms with E-state index < -0.39 is 0 Å². The van der Waals surface area contributed by atoms with E-state index in [4.69, 9.17) is 0 Å². The summed E-state index contributed by atoms with van der Waals surface area (Å²) in [5.41, 5.74) is 0. The van der Waals surface area contributed by atoms with E-state index in [0.717, 1.165) is 19.3 Å². The fourth-order valence-electron chi connectivity index (χ4n) is 1.47. The first-order valence-electron chi connectivity index (χ1n) is 5.11. The summed E-state index contributed by atoms with van der Waals surface area (Å²) in [5, 5.41) is 12.1. The topological polar surface area (TPSA) is 49.3 Å². The molecule has 3 nitrogen and oxygen atoms in total. The van der Waals surface area contributed by atoms with Gasteiger partial charge in [-0.15, -0.1) is 0 Å². The quantitative estimate of drug-likeness (QED) is 0.669. The highest BCUT2D eigenvalue weighted by atomic mass is 16.3. The van der Waals surface area contributed by atoms with Crippen molar-refractivity contribution in [1.82, 2.24) is 5.32 Å². The Morgan fingerprint density at radius 1 is 1.69 bits per heavy atom. The van der Waals surface area contributed by atoms with Crippen LogP contribution in [0.15, 0.2) is 0 Å². The van der Waals surface area contributed by atoms with E-state index >= 15 is 0 Å². The number of hydrogen-bond acceptors (Lipinski definition) is 2. The Bertz CT molecular complexity index is 182. The third-order valence-electron chi connectivity index (χ3n) is 2.58. The van der Waals surface area contributed by atoms with Crippen molar-refractivity contribution >= 4 is 5.91 Å². The fraction of sp³-hybridized carbons (Fsp3) is 0.900. The summed E-state index contributed by atoms with van der Waals surface area (Å²) < 4.78 is 0. The van der Waals surface area contributed by atoms with Crippen molar-refractivity contribution in [2.45, 2.75) is 39.2 Å². The van der Waals surface area contributed by atoms with E-state index in [2.05, 4.69) is 12.2 Å². The van der Waals surface area contributed by atoms with Crippen LogP contribution in [0, 0.1) is 11.8 Å². The average Bonchev–Trinajstić information content (AvgIpc) is 2.79. The maximum absolute atomic E-state index is 11.3. The van der Waals surface area contributed by atoms with Crippen molar-refractivity contribution in [3.05, 3.63) is 0 Å². The SMILES string of the molecule is CCCC(O)CNC(=O)C1CC1C. The number of hydrogen-bond donors (Lipinski definition) is 2. The molecular weight excluding hydrogens is 166 g/mol. The van der Waals surface area contributed by atoms with E-state index in [1.807, 2.05) is 6.92 Å². The van der Waals surface area contributed by atoms with Crippen LogP contribution in [0.4, 0.5) is 0 Å². The van der Waals surface area contributed by atoms with Crippen LogP contribution in [-0.2, 0) is 4.79 Å². The van der Waals surface area contributed by atoms with Gasteiger partial charge in [0.25, 0.3) is 0 Å². The number of aliphatic hydroxyl groups is 1. The Morgan fingerprint density at radius 2 is 2.31 bits per heavy atom. The molecule has 1 aliphatic carbocycles. The highest BCUT2D eigenvalue weighted by Gasteiger charge is 2.38. The molecule has 0 aromatic heterocycles. The molecule has 0 aliphatic heterocycles. The highest BCUT2D eigenvalue weighted by Crippen LogP contribution is 2.37. The summed E-state index contributed by atoms with van der Waals surface area (Å²) in [6, 6.07) is 0. The summed E-state index contributed by atoms with van der Waals surface area (Å²) in [6.07, 6.45) is 2.36. The molecule has 2 N–H and O–H groups in total. The van der Waals surface area contributed by atoms with Gasteiger partial charge in [0.05, 0.1) is 6.10 Å². The number of aliphatic hydroxyl groups excluding tert-OH is 1. The zero-order chi connectivity index (χ0) is 9.84. The second-order valence-corrected chi connectivity index (χ2v) is 4.01. The van der Waals surface area contributed by atoms with E-state index in [-0.39, 0.29) is 17.9 Å². The number of carbonyl (C=O) groups excluding carboxylic acids is 1. The molecule has 0 radical (unpaired) electrons. The van der Waals surface area contributed by atoms with Crippen LogP contribution in [-0.4, -0.2) is 23.7 Å². The van der Waals surface area contributed by atoms with Gasteiger partial charge in [-0.3, -0.25) is 4.79 Å². The molecule has 3 unspecified atom stereocenters. The van der Waals surface area contributed by atoms with Gasteiger partial charge >= 0.3 is 0 Å². The Balaban J connectivity index is 2.08. The van der Waals surface area contributed by atoms with Crippen molar-refractivity contribution in [1.29, 1.82) is 0 Å². The zero-order valence-corrected chi connectivity index (χ0v) is 8.42. The van der Waals surface area contributed by atoms with Gasteiger partial charge in [0.2, 0.25) is 5.91 Å². The summed E-state index contributed by atoms with van der Waals surface area (Å²) in [6.45, 7) is 4.51. The van der Waals surface area contributed by atoms with E-state index in [9.17, 15) is 9.90 Å². The molecule has 3 atom stereocenters. The molecule has 1 amide bonds. The van der Waals surface area contributed by atoms with Crippen molar-refractivity contribution in [2.75, 3.05) is 6.54 Å². The van der Waals surface area contributed by atoms with Gasteiger partial charge in [-0.2, -0.15) is 0 Å². The number of nitrogens with one attached hydrogen (secondary N) is 1. The lowest BCUT2D eigenvalue weighted by Crippen LogP contribution is -2.33. The summed E-state index contributed by atoms with van der Waals surface area (Å²) in [5.74, 6) is 0.875. The lowest BCUT2D eigenvalue weighted by molar-refractivity contribution is -0.123. The van der Waals surface area contributed by atoms with Gasteiger partial charge in [-0.25, -0.2) is 0 Å². The molecule has 13 heavy (non-hydrogen) atoms. The number of amides is 1. The summed E-state index contributed by atoms with van der Waals surface area (Å²) >= 11 is 0. The molecular formula is C10H19NO2. The highest BCUT2D eigenvalue weighted by molar-refractivity contribution is 5.81. The minimum atomic E-state index is -0.372. The van der Waals surface area contributed by atoms with Gasteiger partial charge in [-0.05, 0) is 18.8 Å². The lowest BCUT2D eigenvalue weighted by atomic mass is 10.2. The largest absolute Gasteiger partial charge is 0.391 e. The minimum Gasteiger partial charge on any atom is -0.391 e. The van der Waals surface area contributed by atoms with E-state index in [0.29, 0.717) is 12.5 Å². The fourth-order valence-corrected chi connectivity index (χ4v) is 1.47. The molecule has 1 fully saturated rings. The van der Waals surface area contributed by atoms with Crippen LogP contribution < -0.4 is 5.32 Å². The molecule has 0 aromatic rings. The van der Waals surface area contributed by atoms with E-state index in [1.165, 1.54) is 0 Å². The van der Waals surface area contributed by atoms with Crippen molar-refractivity contribution in [3.63, 3.8) is 0 Å². The molecule has 0 spiro atoms. The second-order valence-electron chi connectivity index (χ2n) is 4.01. The van der Waals surface area contributed by atoms with Crippen molar-refractivity contribution in [3.8, 4) is 0 Å². The smallest absolute Gasteiger partial charge is 0.223 e. The van der Waals surface area contributed by atoms with Gasteiger partial charge in [0, 0.05) is 12.5 Å². The van der Waals surface area contributed by atoms with Crippen molar-refractivity contribution in [2.24, 2.45) is 11.8 Å². The van der Waals surface area contributed by atoms with Gasteiger partial charge < -0.3 is 10.4 Å². The van der Waals surface area contributed by atoms with Crippen LogP contribution in [0.2, 0.25) is 0 Å². The Morgan fingerprint density at radius 3 is 2.77 bits per heavy atom. The third-order valence-corrected chi connectivity index (χ3v) is 2.58. The molecule has 0 heterocycles. The van der Waals surface area contributed by atoms with Crippen LogP contribution in [0.3, 0.4) is 0 Å². The first kappa shape index (κ1) is 10.5. The standard InChI is InChI=1S/C10H19NO2/c1-3-4-8(12)6-11-10(13)9-5-7(9)2/h7-9,12H,3-6H2,1-2H3,(H,11,13). The molecule has 76 valence electrons. The minimum absolute atomic E-state index is 0.114. The second kappa shape index (κ2) is 4.61. The van der Waals surface area contributed by atoms with Crippen LogP contribution >= 0.6 is 0 Å².